The van der Waals surface area contributed by atoms with E-state index in [0.29, 0.717) is 0 Å². The van der Waals surface area contributed by atoms with Crippen molar-refractivity contribution in [1.29, 1.82) is 0 Å². The molecule has 1 aliphatic rings. The van der Waals surface area contributed by atoms with Gasteiger partial charge >= 0.3 is 0 Å². The fourth-order valence-corrected chi connectivity index (χ4v) is 1.10. The molecule has 0 N–H and O–H groups in total. The Balaban J connectivity index is 2.90. The Hall–Kier alpha value is -1.30. The van der Waals surface area contributed by atoms with Crippen molar-refractivity contribution >= 4 is 0 Å². The zero-order valence-corrected chi connectivity index (χ0v) is 7.46. The van der Waals surface area contributed by atoms with Gasteiger partial charge in [0, 0.05) is 0 Å². The van der Waals surface area contributed by atoms with Crippen LogP contribution in [0.25, 0.3) is 0 Å². The Morgan fingerprint density at radius 1 is 1.33 bits per heavy atom. The van der Waals surface area contributed by atoms with E-state index in [4.69, 9.17) is 0 Å². The second kappa shape index (κ2) is 4.55. The standard InChI is InChI=1S/C12H14/c1-3-4-9-12-10-7-5-6-8-11(12)2/h3-4,6-10H,1,5H2,2H3/b9-4-. The van der Waals surface area contributed by atoms with Crippen LogP contribution < -0.4 is 0 Å². The van der Waals surface area contributed by atoms with Gasteiger partial charge in [-0.3, -0.25) is 0 Å². The van der Waals surface area contributed by atoms with Crippen LogP contribution in [0.15, 0.2) is 60.3 Å². The van der Waals surface area contributed by atoms with Crippen LogP contribution in [0.3, 0.4) is 0 Å². The minimum absolute atomic E-state index is 1.03. The molecule has 0 atom stereocenters. The predicted molar refractivity (Wildman–Crippen MR) is 54.9 cm³/mol. The largest absolute Gasteiger partial charge is 0.0991 e. The smallest absolute Gasteiger partial charge is 0.0163 e. The van der Waals surface area contributed by atoms with Crippen molar-refractivity contribution in [2.75, 3.05) is 0 Å². The Morgan fingerprint density at radius 2 is 2.08 bits per heavy atom. The second-order valence-electron chi connectivity index (χ2n) is 2.77. The maximum atomic E-state index is 3.64. The molecule has 0 nitrogen and oxygen atoms in total. The first-order valence-electron chi connectivity index (χ1n) is 4.17. The molecular formula is C12H14. The van der Waals surface area contributed by atoms with E-state index >= 15 is 0 Å². The van der Waals surface area contributed by atoms with E-state index in [-0.39, 0.29) is 0 Å². The highest BCUT2D eigenvalue weighted by Crippen LogP contribution is 2.13. The van der Waals surface area contributed by atoms with Gasteiger partial charge in [0.2, 0.25) is 0 Å². The molecular weight excluding hydrogens is 144 g/mol. The molecule has 0 aromatic heterocycles. The molecule has 0 unspecified atom stereocenters. The molecule has 0 saturated carbocycles. The third-order valence-electron chi connectivity index (χ3n) is 1.80. The molecule has 0 heterocycles. The first-order chi connectivity index (χ1) is 5.84. The van der Waals surface area contributed by atoms with Crippen LogP contribution in [0.2, 0.25) is 0 Å². The molecule has 1 rings (SSSR count). The fourth-order valence-electron chi connectivity index (χ4n) is 1.10. The summed E-state index contributed by atoms with van der Waals surface area (Å²) in [6.45, 7) is 5.76. The summed E-state index contributed by atoms with van der Waals surface area (Å²) in [5.74, 6) is 0. The first kappa shape index (κ1) is 8.79. The van der Waals surface area contributed by atoms with Crippen LogP contribution in [0.4, 0.5) is 0 Å². The third-order valence-corrected chi connectivity index (χ3v) is 1.80. The molecule has 62 valence electrons. The zero-order chi connectivity index (χ0) is 8.81. The lowest BCUT2D eigenvalue weighted by Gasteiger charge is -1.95. The molecule has 0 aliphatic heterocycles. The van der Waals surface area contributed by atoms with Crippen LogP contribution in [0.1, 0.15) is 13.3 Å². The Morgan fingerprint density at radius 3 is 2.83 bits per heavy atom. The first-order valence-corrected chi connectivity index (χ1v) is 4.17. The summed E-state index contributed by atoms with van der Waals surface area (Å²) in [5.41, 5.74) is 2.57. The lowest BCUT2D eigenvalue weighted by Crippen LogP contribution is -1.75. The van der Waals surface area contributed by atoms with Crippen LogP contribution in [0, 0.1) is 0 Å². The highest BCUT2D eigenvalue weighted by molar-refractivity contribution is 5.42. The molecule has 0 heteroatoms. The average Bonchev–Trinajstić information content (AvgIpc) is 2.27. The van der Waals surface area contributed by atoms with E-state index in [9.17, 15) is 0 Å². The quantitative estimate of drug-likeness (QED) is 0.539. The lowest BCUT2D eigenvalue weighted by molar-refractivity contribution is 1.40. The van der Waals surface area contributed by atoms with Gasteiger partial charge in [0.15, 0.2) is 0 Å². The third kappa shape index (κ3) is 2.39. The molecule has 0 radical (unpaired) electrons. The van der Waals surface area contributed by atoms with Gasteiger partial charge in [-0.05, 0) is 24.5 Å². The van der Waals surface area contributed by atoms with Crippen molar-refractivity contribution < 1.29 is 0 Å². The van der Waals surface area contributed by atoms with E-state index < -0.39 is 0 Å². The van der Waals surface area contributed by atoms with Crippen molar-refractivity contribution in [1.82, 2.24) is 0 Å². The van der Waals surface area contributed by atoms with Gasteiger partial charge in [-0.1, -0.05) is 49.1 Å². The second-order valence-corrected chi connectivity index (χ2v) is 2.77. The molecule has 12 heavy (non-hydrogen) atoms. The van der Waals surface area contributed by atoms with Gasteiger partial charge in [-0.2, -0.15) is 0 Å². The SMILES string of the molecule is C=C/C=C\C1=C(C)C=CCC=C1. The monoisotopic (exact) mass is 158 g/mol. The van der Waals surface area contributed by atoms with E-state index in [2.05, 4.69) is 43.9 Å². The normalized spacial score (nSPS) is 17.1. The van der Waals surface area contributed by atoms with Gasteiger partial charge in [-0.25, -0.2) is 0 Å². The van der Waals surface area contributed by atoms with Gasteiger partial charge in [0.25, 0.3) is 0 Å². The molecule has 0 bridgehead atoms. The maximum Gasteiger partial charge on any atom is -0.0163 e. The summed E-state index contributed by atoms with van der Waals surface area (Å²) in [5, 5.41) is 0. The van der Waals surface area contributed by atoms with Crippen LogP contribution in [0.5, 0.6) is 0 Å². The number of rotatable bonds is 2. The van der Waals surface area contributed by atoms with Gasteiger partial charge in [-0.15, -0.1) is 0 Å². The Labute approximate surface area is 74.3 Å². The summed E-state index contributed by atoms with van der Waals surface area (Å²) < 4.78 is 0. The summed E-state index contributed by atoms with van der Waals surface area (Å²) in [6.07, 6.45) is 15.5. The average molecular weight is 158 g/mol. The van der Waals surface area contributed by atoms with Crippen molar-refractivity contribution in [2.24, 2.45) is 0 Å². The van der Waals surface area contributed by atoms with Crippen LogP contribution in [-0.4, -0.2) is 0 Å². The van der Waals surface area contributed by atoms with Crippen molar-refractivity contribution in [3.05, 3.63) is 60.3 Å². The lowest BCUT2D eigenvalue weighted by atomic mass is 10.1. The van der Waals surface area contributed by atoms with Crippen molar-refractivity contribution in [3.8, 4) is 0 Å². The van der Waals surface area contributed by atoms with Gasteiger partial charge in [0.05, 0.1) is 0 Å². The molecule has 0 aromatic rings. The highest BCUT2D eigenvalue weighted by atomic mass is 14.0. The number of allylic oxidation sites excluding steroid dienone is 9. The van der Waals surface area contributed by atoms with E-state index in [0.717, 1.165) is 6.42 Å². The Bertz CT molecular complexity index is 272. The summed E-state index contributed by atoms with van der Waals surface area (Å²) >= 11 is 0. The molecule has 0 saturated heterocycles. The van der Waals surface area contributed by atoms with E-state index in [1.807, 2.05) is 6.08 Å². The molecule has 1 aliphatic carbocycles. The molecule has 0 fully saturated rings. The molecule has 0 aromatic carbocycles. The Kier molecular flexibility index (Phi) is 3.34. The van der Waals surface area contributed by atoms with Crippen LogP contribution in [-0.2, 0) is 0 Å². The van der Waals surface area contributed by atoms with Crippen molar-refractivity contribution in [2.45, 2.75) is 13.3 Å². The maximum absolute atomic E-state index is 3.64. The minimum atomic E-state index is 1.03. The van der Waals surface area contributed by atoms with Crippen LogP contribution >= 0.6 is 0 Å². The minimum Gasteiger partial charge on any atom is -0.0991 e. The summed E-state index contributed by atoms with van der Waals surface area (Å²) in [6, 6.07) is 0. The molecule has 0 spiro atoms. The molecule has 0 amide bonds. The van der Waals surface area contributed by atoms with E-state index in [1.54, 1.807) is 6.08 Å². The topological polar surface area (TPSA) is 0 Å². The highest BCUT2D eigenvalue weighted by Gasteiger charge is 1.93. The van der Waals surface area contributed by atoms with Crippen molar-refractivity contribution in [3.63, 3.8) is 0 Å². The summed E-state index contributed by atoms with van der Waals surface area (Å²) in [4.78, 5) is 0. The number of hydrogen-bond acceptors (Lipinski definition) is 0. The van der Waals surface area contributed by atoms with E-state index in [1.165, 1.54) is 11.1 Å². The fraction of sp³-hybridized carbons (Fsp3) is 0.167. The predicted octanol–water partition coefficient (Wildman–Crippen LogP) is 3.56. The zero-order valence-electron chi connectivity index (χ0n) is 7.46. The van der Waals surface area contributed by atoms with Gasteiger partial charge in [0.1, 0.15) is 0 Å². The summed E-state index contributed by atoms with van der Waals surface area (Å²) in [7, 11) is 0. The van der Waals surface area contributed by atoms with Gasteiger partial charge < -0.3 is 0 Å². The number of hydrogen-bond donors (Lipinski definition) is 0.